The molecule has 4 heteroatoms. The van der Waals surface area contributed by atoms with E-state index < -0.39 is 14.0 Å². The first-order chi connectivity index (χ1) is 1.41. The van der Waals surface area contributed by atoms with Gasteiger partial charge >= 0.3 is 27.9 Å². The van der Waals surface area contributed by atoms with Crippen LogP contribution in [-0.4, -0.2) is 0 Å². The quantitative estimate of drug-likeness (QED) is 0.438. The molecule has 0 aromatic carbocycles. The Hall–Kier alpha value is 0.539. The van der Waals surface area contributed by atoms with E-state index in [1.807, 2.05) is 0 Å². The molecule has 0 N–H and O–H groups in total. The average molecular weight is 127 g/mol. The zero-order chi connectivity index (χ0) is 2.71. The van der Waals surface area contributed by atoms with E-state index >= 15 is 0 Å². The van der Waals surface area contributed by atoms with Crippen molar-refractivity contribution in [3.63, 3.8) is 0 Å². The third kappa shape index (κ3) is 20.7. The third-order valence-electron chi connectivity index (χ3n) is 0. The number of rotatable bonds is 0. The van der Waals surface area contributed by atoms with Crippen LogP contribution in [0.25, 0.3) is 0 Å². The van der Waals surface area contributed by atoms with Crippen LogP contribution in [0.2, 0.25) is 0 Å². The molecule has 0 saturated heterocycles. The van der Waals surface area contributed by atoms with Gasteiger partial charge in [0, 0.05) is 0 Å². The maximum atomic E-state index is 8.70. The van der Waals surface area contributed by atoms with Gasteiger partial charge in [-0.1, -0.05) is 0 Å². The monoisotopic (exact) mass is 127 g/mol. The number of hydrogen-bond donors (Lipinski definition) is 0. The molecule has 0 bridgehead atoms. The minimum atomic E-state index is -0.528. The Balaban J connectivity index is 0. The van der Waals surface area contributed by atoms with Crippen molar-refractivity contribution in [1.29, 1.82) is 0 Å². The van der Waals surface area contributed by atoms with E-state index in [-0.39, 0.29) is 4.70 Å². The molecule has 0 heterocycles. The van der Waals surface area contributed by atoms with Crippen molar-refractivity contribution >= 4 is 10.1 Å². The summed E-state index contributed by atoms with van der Waals surface area (Å²) in [5.41, 5.74) is 0. The normalized spacial score (nSPS) is 4.25. The molecule has 0 fully saturated rings. The molecule has 0 aliphatic heterocycles. The summed E-state index contributed by atoms with van der Waals surface area (Å²) in [6, 6.07) is 0. The van der Waals surface area contributed by atoms with E-state index in [0.717, 1.165) is 0 Å². The predicted octanol–water partition coefficient (Wildman–Crippen LogP) is 0.721. The summed E-state index contributed by atoms with van der Waals surface area (Å²) < 4.78 is 8.70. The van der Waals surface area contributed by atoms with E-state index in [1.54, 1.807) is 0 Å². The Morgan fingerprint density at radius 1 is 1.75 bits per heavy atom. The van der Waals surface area contributed by atoms with Gasteiger partial charge in [-0.2, -0.15) is 0 Å². The molecule has 0 aliphatic rings. The molecule has 0 saturated carbocycles. The van der Waals surface area contributed by atoms with Crippen molar-refractivity contribution in [1.82, 2.24) is 0 Å². The molecule has 0 amide bonds. The summed E-state index contributed by atoms with van der Waals surface area (Å²) in [7, 11) is 4.44. The molecule has 0 atom stereocenters. The molecule has 1 nitrogen and oxygen atoms in total. The second-order valence-electron chi connectivity index (χ2n) is 0.0546. The molecule has 0 aromatic rings. The zero-order valence-corrected chi connectivity index (χ0v) is 3.41. The first-order valence-corrected chi connectivity index (χ1v) is 2.25. The summed E-state index contributed by atoms with van der Waals surface area (Å²) >= 11 is -0.528. The van der Waals surface area contributed by atoms with Gasteiger partial charge in [-0.25, -0.2) is 0 Å². The first-order valence-electron chi connectivity index (χ1n) is 0.278. The fourth-order valence-electron chi connectivity index (χ4n) is 0. The second-order valence-corrected chi connectivity index (χ2v) is 0.675. The third-order valence-corrected chi connectivity index (χ3v) is 0. The van der Waals surface area contributed by atoms with Crippen molar-refractivity contribution in [3.05, 3.63) is 0 Å². The van der Waals surface area contributed by atoms with Crippen LogP contribution >= 0.6 is 10.1 Å². The fourth-order valence-corrected chi connectivity index (χ4v) is 0. The van der Waals surface area contributed by atoms with Crippen LogP contribution in [0.5, 0.6) is 0 Å². The van der Waals surface area contributed by atoms with Gasteiger partial charge in [-0.3, -0.25) is 4.70 Å². The van der Waals surface area contributed by atoms with Gasteiger partial charge in [0.15, 0.2) is 0 Å². The molecule has 29 valence electrons. The average Bonchev–Trinajstić information content (AvgIpc) is 0.918. The van der Waals surface area contributed by atoms with Crippen LogP contribution < -0.4 is 0 Å². The topological polar surface area (TPSA) is 17.1 Å². The van der Waals surface area contributed by atoms with Gasteiger partial charge < -0.3 is 0 Å². The summed E-state index contributed by atoms with van der Waals surface area (Å²) in [5.74, 6) is 0. The summed E-state index contributed by atoms with van der Waals surface area (Å²) in [5, 5.41) is 0. The van der Waals surface area contributed by atoms with Crippen molar-refractivity contribution in [3.8, 4) is 0 Å². The van der Waals surface area contributed by atoms with Crippen LogP contribution in [0, 0.1) is 0 Å². The van der Waals surface area contributed by atoms with Crippen molar-refractivity contribution in [2.45, 2.75) is 0 Å². The van der Waals surface area contributed by atoms with E-state index in [2.05, 4.69) is 10.1 Å². The minimum absolute atomic E-state index is 0. The molecule has 0 radical (unpaired) electrons. The predicted molar refractivity (Wildman–Crippen MR) is 9.04 cm³/mol. The van der Waals surface area contributed by atoms with Gasteiger partial charge in [-0.05, 0) is 0 Å². The molecule has 0 aliphatic carbocycles. The van der Waals surface area contributed by atoms with Gasteiger partial charge in [-0.15, -0.1) is 0 Å². The van der Waals surface area contributed by atoms with Crippen LogP contribution in [0.3, 0.4) is 0 Å². The van der Waals surface area contributed by atoms with Gasteiger partial charge in [0.2, 0.25) is 0 Å². The zero-order valence-electron chi connectivity index (χ0n) is 1.55. The standard InChI is InChI=1S/ClH.FH.Fe.O/h2*1H;;/q;;+1;/p-1. The number of halogens is 2. The Morgan fingerprint density at radius 3 is 1.75 bits per heavy atom. The maximum absolute atomic E-state index is 8.70. The van der Waals surface area contributed by atoms with Crippen molar-refractivity contribution < 1.29 is 22.5 Å². The summed E-state index contributed by atoms with van der Waals surface area (Å²) in [4.78, 5) is 0. The Morgan fingerprint density at radius 2 is 1.75 bits per heavy atom. The Labute approximate surface area is 33.3 Å². The van der Waals surface area contributed by atoms with Gasteiger partial charge in [0.05, 0.1) is 0 Å². The molecule has 0 spiro atoms. The molecule has 4 heavy (non-hydrogen) atoms. The molecular formula is HClFFeO. The van der Waals surface area contributed by atoms with E-state index in [9.17, 15) is 0 Å². The number of hydrogen-bond acceptors (Lipinski definition) is 1. The van der Waals surface area contributed by atoms with Crippen LogP contribution in [0.1, 0.15) is 0 Å². The molecular weight excluding hydrogens is 126 g/mol. The van der Waals surface area contributed by atoms with Crippen LogP contribution in [-0.2, 0) is 17.8 Å². The van der Waals surface area contributed by atoms with E-state index in [0.29, 0.717) is 0 Å². The van der Waals surface area contributed by atoms with Gasteiger partial charge in [0.25, 0.3) is 0 Å². The van der Waals surface area contributed by atoms with Gasteiger partial charge in [0.1, 0.15) is 0 Å². The summed E-state index contributed by atoms with van der Waals surface area (Å²) in [6.45, 7) is 0. The molecule has 0 aromatic heterocycles. The molecule has 0 unspecified atom stereocenters. The fraction of sp³-hybridized carbons (Fsp3) is 0. The second kappa shape index (κ2) is 9.63. The summed E-state index contributed by atoms with van der Waals surface area (Å²) in [6.07, 6.45) is 0. The van der Waals surface area contributed by atoms with Crippen LogP contribution in [0.4, 0.5) is 4.70 Å². The SMILES string of the molecule is F.[O]=[Fe][Cl]. The molecule has 0 rings (SSSR count). The Kier molecular flexibility index (Phi) is 21.2. The van der Waals surface area contributed by atoms with Crippen molar-refractivity contribution in [2.75, 3.05) is 0 Å². The first kappa shape index (κ1) is 8.82. The van der Waals surface area contributed by atoms with Crippen molar-refractivity contribution in [2.24, 2.45) is 0 Å². The Bertz CT molecular complexity index is 15.5. The van der Waals surface area contributed by atoms with E-state index in [4.69, 9.17) is 3.83 Å². The van der Waals surface area contributed by atoms with E-state index in [1.165, 1.54) is 0 Å². The van der Waals surface area contributed by atoms with Crippen LogP contribution in [0.15, 0.2) is 0 Å².